The molecular formula is C16H16FN3O. The van der Waals surface area contributed by atoms with Gasteiger partial charge in [-0.1, -0.05) is 0 Å². The number of aryl methyl sites for hydroxylation is 1. The van der Waals surface area contributed by atoms with E-state index < -0.39 is 0 Å². The van der Waals surface area contributed by atoms with Gasteiger partial charge in [0.15, 0.2) is 5.82 Å². The van der Waals surface area contributed by atoms with E-state index in [0.717, 1.165) is 16.7 Å². The number of aromatic nitrogens is 1. The maximum Gasteiger partial charge on any atom is 0.150 e. The lowest BCUT2D eigenvalue weighted by molar-refractivity contribution is 0.529. The normalized spacial score (nSPS) is 11.0. The van der Waals surface area contributed by atoms with Crippen LogP contribution in [0.2, 0.25) is 0 Å². The van der Waals surface area contributed by atoms with Crippen LogP contribution < -0.4 is 10.6 Å². The summed E-state index contributed by atoms with van der Waals surface area (Å²) < 4.78 is 19.7. The molecule has 21 heavy (non-hydrogen) atoms. The number of halogens is 1. The fourth-order valence-corrected chi connectivity index (χ4v) is 2.50. The highest BCUT2D eigenvalue weighted by atomic mass is 19.1. The van der Waals surface area contributed by atoms with Gasteiger partial charge in [-0.3, -0.25) is 4.98 Å². The molecule has 0 aliphatic rings. The average molecular weight is 285 g/mol. The number of pyridine rings is 1. The Morgan fingerprint density at radius 1 is 1.38 bits per heavy atom. The van der Waals surface area contributed by atoms with Gasteiger partial charge in [0.05, 0.1) is 17.5 Å². The highest BCUT2D eigenvalue weighted by Crippen LogP contribution is 2.32. The second kappa shape index (κ2) is 5.09. The van der Waals surface area contributed by atoms with Crippen LogP contribution in [-0.2, 0) is 6.54 Å². The molecule has 2 aromatic heterocycles. The van der Waals surface area contributed by atoms with Gasteiger partial charge in [0, 0.05) is 36.4 Å². The first-order chi connectivity index (χ1) is 10.1. The Morgan fingerprint density at radius 2 is 2.19 bits per heavy atom. The summed E-state index contributed by atoms with van der Waals surface area (Å²) in [6.07, 6.45) is 3.27. The molecule has 0 saturated heterocycles. The second-order valence-electron chi connectivity index (χ2n) is 5.05. The second-order valence-corrected chi connectivity index (χ2v) is 5.05. The highest BCUT2D eigenvalue weighted by molar-refractivity contribution is 5.98. The van der Waals surface area contributed by atoms with Crippen LogP contribution in [0.25, 0.3) is 10.9 Å². The van der Waals surface area contributed by atoms with Gasteiger partial charge in [-0.05, 0) is 31.2 Å². The number of nitrogens with two attached hydrogens (primary N) is 1. The van der Waals surface area contributed by atoms with E-state index in [1.165, 1.54) is 6.07 Å². The van der Waals surface area contributed by atoms with E-state index in [1.54, 1.807) is 18.5 Å². The zero-order valence-corrected chi connectivity index (χ0v) is 11.9. The van der Waals surface area contributed by atoms with E-state index in [2.05, 4.69) is 4.98 Å². The van der Waals surface area contributed by atoms with Gasteiger partial charge in [0.25, 0.3) is 0 Å². The Balaban J connectivity index is 2.09. The first kappa shape index (κ1) is 13.4. The molecule has 3 aromatic rings. The molecule has 0 fully saturated rings. The minimum absolute atomic E-state index is 0.373. The lowest BCUT2D eigenvalue weighted by Gasteiger charge is -2.21. The smallest absolute Gasteiger partial charge is 0.150 e. The van der Waals surface area contributed by atoms with E-state index in [4.69, 9.17) is 10.2 Å². The van der Waals surface area contributed by atoms with E-state index >= 15 is 0 Å². The summed E-state index contributed by atoms with van der Waals surface area (Å²) in [5.74, 6) is 0.456. The predicted molar refractivity (Wildman–Crippen MR) is 81.7 cm³/mol. The Labute approximate surface area is 122 Å². The Kier molecular flexibility index (Phi) is 3.25. The molecule has 2 heterocycles. The summed E-state index contributed by atoms with van der Waals surface area (Å²) in [5.41, 5.74) is 8.29. The standard InChI is InChI=1S/C16H16FN3O/c1-10-11(5-7-21-10)9-20(2)16-13(17)8-14(18)12-4-3-6-19-15(12)16/h3-8H,9,18H2,1-2H3. The van der Waals surface area contributed by atoms with Crippen molar-refractivity contribution in [1.29, 1.82) is 0 Å². The Morgan fingerprint density at radius 3 is 2.90 bits per heavy atom. The van der Waals surface area contributed by atoms with E-state index in [-0.39, 0.29) is 5.82 Å². The van der Waals surface area contributed by atoms with Crippen molar-refractivity contribution in [3.63, 3.8) is 0 Å². The van der Waals surface area contributed by atoms with Crippen molar-refractivity contribution in [1.82, 2.24) is 4.98 Å². The summed E-state index contributed by atoms with van der Waals surface area (Å²) in [6, 6.07) is 6.87. The number of rotatable bonds is 3. The van der Waals surface area contributed by atoms with E-state index in [1.807, 2.05) is 31.0 Å². The average Bonchev–Trinajstić information content (AvgIpc) is 2.84. The van der Waals surface area contributed by atoms with E-state index in [0.29, 0.717) is 23.4 Å². The fourth-order valence-electron chi connectivity index (χ4n) is 2.50. The summed E-state index contributed by atoms with van der Waals surface area (Å²) in [7, 11) is 1.83. The zero-order valence-electron chi connectivity index (χ0n) is 11.9. The van der Waals surface area contributed by atoms with Crippen LogP contribution in [0.4, 0.5) is 15.8 Å². The maximum absolute atomic E-state index is 14.4. The minimum Gasteiger partial charge on any atom is -0.469 e. The molecule has 5 heteroatoms. The van der Waals surface area contributed by atoms with Gasteiger partial charge in [0.2, 0.25) is 0 Å². The number of fused-ring (bicyclic) bond motifs is 1. The predicted octanol–water partition coefficient (Wildman–Crippen LogP) is 3.49. The zero-order chi connectivity index (χ0) is 15.0. The molecule has 0 amide bonds. The van der Waals surface area contributed by atoms with Crippen LogP contribution in [0.3, 0.4) is 0 Å². The summed E-state index contributed by atoms with van der Waals surface area (Å²) in [4.78, 5) is 6.11. The summed E-state index contributed by atoms with van der Waals surface area (Å²) >= 11 is 0. The van der Waals surface area contributed by atoms with Crippen molar-refractivity contribution in [3.05, 3.63) is 53.9 Å². The van der Waals surface area contributed by atoms with Crippen LogP contribution in [0, 0.1) is 12.7 Å². The number of anilines is 2. The first-order valence-corrected chi connectivity index (χ1v) is 6.64. The third kappa shape index (κ3) is 2.31. The van der Waals surface area contributed by atoms with Crippen LogP contribution in [0.15, 0.2) is 41.1 Å². The van der Waals surface area contributed by atoms with Gasteiger partial charge >= 0.3 is 0 Å². The molecule has 3 rings (SSSR count). The number of furan rings is 1. The van der Waals surface area contributed by atoms with Gasteiger partial charge in [-0.15, -0.1) is 0 Å². The topological polar surface area (TPSA) is 55.3 Å². The molecule has 4 nitrogen and oxygen atoms in total. The number of hydrogen-bond donors (Lipinski definition) is 1. The minimum atomic E-state index is -0.373. The summed E-state index contributed by atoms with van der Waals surface area (Å²) in [5, 5.41) is 0.754. The molecule has 0 unspecified atom stereocenters. The molecular weight excluding hydrogens is 269 g/mol. The summed E-state index contributed by atoms with van der Waals surface area (Å²) in [6.45, 7) is 2.42. The lowest BCUT2D eigenvalue weighted by atomic mass is 10.1. The van der Waals surface area contributed by atoms with Crippen LogP contribution in [0.1, 0.15) is 11.3 Å². The van der Waals surface area contributed by atoms with Crippen molar-refractivity contribution < 1.29 is 8.81 Å². The van der Waals surface area contributed by atoms with Gasteiger partial charge in [-0.2, -0.15) is 0 Å². The molecule has 1 aromatic carbocycles. The number of nitrogen functional groups attached to an aromatic ring is 1. The van der Waals surface area contributed by atoms with Crippen molar-refractivity contribution in [2.45, 2.75) is 13.5 Å². The third-order valence-corrected chi connectivity index (χ3v) is 3.61. The molecule has 0 radical (unpaired) electrons. The van der Waals surface area contributed by atoms with Gasteiger partial charge in [0.1, 0.15) is 5.76 Å². The molecule has 0 bridgehead atoms. The van der Waals surface area contributed by atoms with Gasteiger partial charge in [-0.25, -0.2) is 4.39 Å². The number of hydrogen-bond acceptors (Lipinski definition) is 4. The largest absolute Gasteiger partial charge is 0.469 e. The molecule has 0 atom stereocenters. The quantitative estimate of drug-likeness (QED) is 0.748. The monoisotopic (exact) mass is 285 g/mol. The van der Waals surface area contributed by atoms with Crippen molar-refractivity contribution >= 4 is 22.3 Å². The molecule has 2 N–H and O–H groups in total. The number of benzene rings is 1. The van der Waals surface area contributed by atoms with Gasteiger partial charge < -0.3 is 15.1 Å². The highest BCUT2D eigenvalue weighted by Gasteiger charge is 2.17. The molecule has 108 valence electrons. The molecule has 0 spiro atoms. The first-order valence-electron chi connectivity index (χ1n) is 6.64. The Hall–Kier alpha value is -2.56. The lowest BCUT2D eigenvalue weighted by Crippen LogP contribution is -2.19. The molecule has 0 aliphatic carbocycles. The Bertz CT molecular complexity index is 797. The van der Waals surface area contributed by atoms with Crippen molar-refractivity contribution in [2.75, 3.05) is 17.7 Å². The van der Waals surface area contributed by atoms with Crippen LogP contribution >= 0.6 is 0 Å². The SMILES string of the molecule is Cc1occc1CN(C)c1c(F)cc(N)c2cccnc12. The van der Waals surface area contributed by atoms with Crippen LogP contribution in [-0.4, -0.2) is 12.0 Å². The third-order valence-electron chi connectivity index (χ3n) is 3.61. The van der Waals surface area contributed by atoms with Crippen molar-refractivity contribution in [3.8, 4) is 0 Å². The van der Waals surface area contributed by atoms with Crippen LogP contribution in [0.5, 0.6) is 0 Å². The molecule has 0 saturated carbocycles. The number of nitrogens with zero attached hydrogens (tertiary/aromatic N) is 2. The fraction of sp³-hybridized carbons (Fsp3) is 0.188. The van der Waals surface area contributed by atoms with Crippen molar-refractivity contribution in [2.24, 2.45) is 0 Å². The van der Waals surface area contributed by atoms with E-state index in [9.17, 15) is 4.39 Å². The molecule has 0 aliphatic heterocycles. The maximum atomic E-state index is 14.4.